The van der Waals surface area contributed by atoms with Crippen LogP contribution in [0.3, 0.4) is 0 Å². The molecule has 27 heavy (non-hydrogen) atoms. The van der Waals surface area contributed by atoms with Crippen LogP contribution < -0.4 is 5.32 Å². The molecule has 0 atom stereocenters. The molecular weight excluding hydrogens is 411 g/mol. The largest absolute Gasteiger partial charge is 0.379 e. The summed E-state index contributed by atoms with van der Waals surface area (Å²) in [5, 5.41) is 2.77. The van der Waals surface area contributed by atoms with Crippen molar-refractivity contribution in [1.29, 1.82) is 0 Å². The van der Waals surface area contributed by atoms with Crippen molar-refractivity contribution in [1.82, 2.24) is 4.31 Å². The molecule has 0 aromatic heterocycles. The summed E-state index contributed by atoms with van der Waals surface area (Å²) >= 11 is 12.3. The van der Waals surface area contributed by atoms with Crippen molar-refractivity contribution in [3.63, 3.8) is 0 Å². The summed E-state index contributed by atoms with van der Waals surface area (Å²) < 4.78 is 32.3. The van der Waals surface area contributed by atoms with E-state index in [-0.39, 0.29) is 33.6 Å². The Balaban J connectivity index is 1.95. The van der Waals surface area contributed by atoms with E-state index in [2.05, 4.69) is 5.32 Å². The summed E-state index contributed by atoms with van der Waals surface area (Å²) in [4.78, 5) is 12.5. The molecule has 144 valence electrons. The van der Waals surface area contributed by atoms with Crippen LogP contribution in [-0.4, -0.2) is 44.9 Å². The van der Waals surface area contributed by atoms with Crippen molar-refractivity contribution >= 4 is 44.8 Å². The average molecular weight is 429 g/mol. The maximum absolute atomic E-state index is 12.9. The van der Waals surface area contributed by atoms with E-state index in [1.165, 1.54) is 16.4 Å². The SMILES string of the molecule is Cc1cccc(NC(=O)c2cc(S(=O)(=O)N3CCOCC3)c(Cl)cc2Cl)c1. The molecule has 2 aromatic carbocycles. The molecule has 1 aliphatic heterocycles. The van der Waals surface area contributed by atoms with Crippen molar-refractivity contribution in [2.24, 2.45) is 0 Å². The molecule has 9 heteroatoms. The van der Waals surface area contributed by atoms with E-state index in [0.717, 1.165) is 5.56 Å². The van der Waals surface area contributed by atoms with Crippen LogP contribution in [0.15, 0.2) is 41.3 Å². The minimum absolute atomic E-state index is 0.0291. The van der Waals surface area contributed by atoms with E-state index in [1.54, 1.807) is 12.1 Å². The van der Waals surface area contributed by atoms with E-state index < -0.39 is 15.9 Å². The van der Waals surface area contributed by atoms with E-state index >= 15 is 0 Å². The molecule has 0 spiro atoms. The molecular formula is C18H18Cl2N2O4S. The van der Waals surface area contributed by atoms with Crippen LogP contribution >= 0.6 is 23.2 Å². The van der Waals surface area contributed by atoms with Crippen LogP contribution in [0.2, 0.25) is 10.0 Å². The number of nitrogens with zero attached hydrogens (tertiary/aromatic N) is 1. The quantitative estimate of drug-likeness (QED) is 0.807. The molecule has 0 saturated carbocycles. The number of carbonyl (C=O) groups is 1. The summed E-state index contributed by atoms with van der Waals surface area (Å²) in [6.07, 6.45) is 0. The predicted molar refractivity (Wildman–Crippen MR) is 105 cm³/mol. The minimum atomic E-state index is -3.86. The van der Waals surface area contributed by atoms with Crippen LogP contribution in [0.4, 0.5) is 5.69 Å². The normalized spacial score (nSPS) is 15.5. The molecule has 1 fully saturated rings. The number of ether oxygens (including phenoxy) is 1. The fourth-order valence-electron chi connectivity index (χ4n) is 2.75. The third-order valence-corrected chi connectivity index (χ3v) is 6.81. The maximum atomic E-state index is 12.9. The lowest BCUT2D eigenvalue weighted by Gasteiger charge is -2.26. The molecule has 0 aliphatic carbocycles. The molecule has 2 aromatic rings. The van der Waals surface area contributed by atoms with Gasteiger partial charge in [-0.25, -0.2) is 8.42 Å². The summed E-state index contributed by atoms with van der Waals surface area (Å²) in [5.41, 5.74) is 1.60. The number of amides is 1. The molecule has 1 N–H and O–H groups in total. The van der Waals surface area contributed by atoms with Gasteiger partial charge in [0.15, 0.2) is 0 Å². The van der Waals surface area contributed by atoms with E-state index in [9.17, 15) is 13.2 Å². The van der Waals surface area contributed by atoms with Crippen molar-refractivity contribution in [3.8, 4) is 0 Å². The number of nitrogens with one attached hydrogen (secondary N) is 1. The number of morpholine rings is 1. The van der Waals surface area contributed by atoms with Gasteiger partial charge in [0, 0.05) is 18.8 Å². The fraction of sp³-hybridized carbons (Fsp3) is 0.278. The van der Waals surface area contributed by atoms with Gasteiger partial charge in [0.2, 0.25) is 10.0 Å². The molecule has 0 unspecified atom stereocenters. The lowest BCUT2D eigenvalue weighted by Crippen LogP contribution is -2.40. The first kappa shape index (κ1) is 20.1. The Bertz CT molecular complexity index is 973. The highest BCUT2D eigenvalue weighted by Crippen LogP contribution is 2.31. The van der Waals surface area contributed by atoms with E-state index in [0.29, 0.717) is 18.9 Å². The minimum Gasteiger partial charge on any atom is -0.379 e. The topological polar surface area (TPSA) is 75.7 Å². The van der Waals surface area contributed by atoms with Gasteiger partial charge in [-0.2, -0.15) is 4.31 Å². The molecule has 0 radical (unpaired) electrons. The third-order valence-electron chi connectivity index (χ3n) is 4.13. The van der Waals surface area contributed by atoms with E-state index in [1.807, 2.05) is 19.1 Å². The first-order valence-electron chi connectivity index (χ1n) is 8.24. The molecule has 3 rings (SSSR count). The highest BCUT2D eigenvalue weighted by Gasteiger charge is 2.30. The molecule has 1 saturated heterocycles. The molecule has 6 nitrogen and oxygen atoms in total. The monoisotopic (exact) mass is 428 g/mol. The Kier molecular flexibility index (Phi) is 6.08. The van der Waals surface area contributed by atoms with Crippen LogP contribution in [0, 0.1) is 6.92 Å². The standard InChI is InChI=1S/C18H18Cl2N2O4S/c1-12-3-2-4-13(9-12)21-18(23)14-10-17(16(20)11-15(14)19)27(24,25)22-5-7-26-8-6-22/h2-4,9-11H,5-8H2,1H3,(H,21,23). The number of anilines is 1. The van der Waals surface area contributed by atoms with Gasteiger partial charge in [0.05, 0.1) is 28.8 Å². The van der Waals surface area contributed by atoms with Crippen LogP contribution in [0.5, 0.6) is 0 Å². The van der Waals surface area contributed by atoms with Crippen LogP contribution in [-0.2, 0) is 14.8 Å². The number of hydrogen-bond acceptors (Lipinski definition) is 4. The zero-order valence-corrected chi connectivity index (χ0v) is 16.9. The van der Waals surface area contributed by atoms with Crippen LogP contribution in [0.25, 0.3) is 0 Å². The van der Waals surface area contributed by atoms with E-state index in [4.69, 9.17) is 27.9 Å². The summed E-state index contributed by atoms with van der Waals surface area (Å²) in [5.74, 6) is -0.513. The number of sulfonamides is 1. The van der Waals surface area contributed by atoms with Gasteiger partial charge in [-0.3, -0.25) is 4.79 Å². The van der Waals surface area contributed by atoms with Gasteiger partial charge in [0.25, 0.3) is 5.91 Å². The van der Waals surface area contributed by atoms with Crippen molar-refractivity contribution in [3.05, 3.63) is 57.6 Å². The highest BCUT2D eigenvalue weighted by atomic mass is 35.5. The van der Waals surface area contributed by atoms with Crippen molar-refractivity contribution < 1.29 is 17.9 Å². The zero-order valence-electron chi connectivity index (χ0n) is 14.5. The number of rotatable bonds is 4. The number of hydrogen-bond donors (Lipinski definition) is 1. The molecule has 1 aliphatic rings. The van der Waals surface area contributed by atoms with Gasteiger partial charge < -0.3 is 10.1 Å². The second-order valence-corrected chi connectivity index (χ2v) is 8.82. The van der Waals surface area contributed by atoms with Gasteiger partial charge >= 0.3 is 0 Å². The fourth-order valence-corrected chi connectivity index (χ4v) is 4.99. The second kappa shape index (κ2) is 8.16. The molecule has 1 heterocycles. The summed E-state index contributed by atoms with van der Waals surface area (Å²) in [7, 11) is -3.86. The Hall–Kier alpha value is -1.64. The molecule has 0 bridgehead atoms. The number of aryl methyl sites for hydroxylation is 1. The lowest BCUT2D eigenvalue weighted by molar-refractivity contribution is 0.0730. The lowest BCUT2D eigenvalue weighted by atomic mass is 10.2. The Morgan fingerprint density at radius 1 is 1.11 bits per heavy atom. The molecule has 1 amide bonds. The van der Waals surface area contributed by atoms with Gasteiger partial charge in [-0.15, -0.1) is 0 Å². The summed E-state index contributed by atoms with van der Waals surface area (Å²) in [6, 6.07) is 9.75. The van der Waals surface area contributed by atoms with Crippen molar-refractivity contribution in [2.75, 3.05) is 31.6 Å². The summed E-state index contributed by atoms with van der Waals surface area (Å²) in [6.45, 7) is 2.98. The maximum Gasteiger partial charge on any atom is 0.257 e. The van der Waals surface area contributed by atoms with Gasteiger partial charge in [-0.1, -0.05) is 35.3 Å². The van der Waals surface area contributed by atoms with Crippen molar-refractivity contribution in [2.45, 2.75) is 11.8 Å². The first-order valence-corrected chi connectivity index (χ1v) is 10.4. The number of halogens is 2. The highest BCUT2D eigenvalue weighted by molar-refractivity contribution is 7.89. The average Bonchev–Trinajstić information content (AvgIpc) is 2.62. The van der Waals surface area contributed by atoms with Crippen LogP contribution in [0.1, 0.15) is 15.9 Å². The number of benzene rings is 2. The number of carbonyl (C=O) groups excluding carboxylic acids is 1. The van der Waals surface area contributed by atoms with Gasteiger partial charge in [0.1, 0.15) is 4.90 Å². The second-order valence-electron chi connectivity index (χ2n) is 6.10. The van der Waals surface area contributed by atoms with Gasteiger partial charge in [-0.05, 0) is 36.8 Å². The Morgan fingerprint density at radius 3 is 2.48 bits per heavy atom. The smallest absolute Gasteiger partial charge is 0.257 e. The third kappa shape index (κ3) is 4.44. The zero-order chi connectivity index (χ0) is 19.6. The first-order chi connectivity index (χ1) is 12.8. The predicted octanol–water partition coefficient (Wildman–Crippen LogP) is 3.58. The Labute approximate surface area is 168 Å². The Morgan fingerprint density at radius 2 is 1.81 bits per heavy atom.